The van der Waals surface area contributed by atoms with E-state index in [9.17, 15) is 22.8 Å². The lowest BCUT2D eigenvalue weighted by Crippen LogP contribution is -2.21. The predicted molar refractivity (Wildman–Crippen MR) is 103 cm³/mol. The van der Waals surface area contributed by atoms with Crippen LogP contribution in [0.15, 0.2) is 48.5 Å². The highest BCUT2D eigenvalue weighted by atomic mass is 19.4. The first-order valence-corrected chi connectivity index (χ1v) is 9.27. The summed E-state index contributed by atoms with van der Waals surface area (Å²) >= 11 is 0. The summed E-state index contributed by atoms with van der Waals surface area (Å²) in [7, 11) is 0. The minimum atomic E-state index is -4.52. The van der Waals surface area contributed by atoms with Crippen molar-refractivity contribution in [3.8, 4) is 11.5 Å². The first-order chi connectivity index (χ1) is 14.3. The Kier molecular flexibility index (Phi) is 8.52. The first kappa shape index (κ1) is 23.1. The SMILES string of the molecule is CCOc1ccccc1OCCCC(=O)OCC(=O)Nc1cccc(C(F)(F)F)c1. The van der Waals surface area contributed by atoms with Gasteiger partial charge in [-0.05, 0) is 43.7 Å². The average Bonchev–Trinajstić information content (AvgIpc) is 2.70. The van der Waals surface area contributed by atoms with Gasteiger partial charge in [0.1, 0.15) is 0 Å². The maximum Gasteiger partial charge on any atom is 0.416 e. The molecule has 0 unspecified atom stereocenters. The summed E-state index contributed by atoms with van der Waals surface area (Å²) in [6, 6.07) is 11.3. The van der Waals surface area contributed by atoms with Crippen LogP contribution in [0.1, 0.15) is 25.3 Å². The van der Waals surface area contributed by atoms with E-state index in [1.807, 2.05) is 13.0 Å². The Labute approximate surface area is 171 Å². The summed E-state index contributed by atoms with van der Waals surface area (Å²) in [6.45, 7) is 2.00. The molecule has 0 bridgehead atoms. The number of rotatable bonds is 10. The fourth-order valence-electron chi connectivity index (χ4n) is 2.43. The number of hydrogen-bond donors (Lipinski definition) is 1. The Balaban J connectivity index is 1.69. The van der Waals surface area contributed by atoms with Gasteiger partial charge in [-0.2, -0.15) is 13.2 Å². The minimum Gasteiger partial charge on any atom is -0.490 e. The highest BCUT2D eigenvalue weighted by Gasteiger charge is 2.30. The lowest BCUT2D eigenvalue weighted by molar-refractivity contribution is -0.147. The van der Waals surface area contributed by atoms with Crippen LogP contribution in [0.5, 0.6) is 11.5 Å². The van der Waals surface area contributed by atoms with Crippen molar-refractivity contribution in [2.75, 3.05) is 25.1 Å². The number of carbonyl (C=O) groups excluding carboxylic acids is 2. The molecule has 2 rings (SSSR count). The molecule has 2 aromatic carbocycles. The summed E-state index contributed by atoms with van der Waals surface area (Å²) in [4.78, 5) is 23.5. The second-order valence-corrected chi connectivity index (χ2v) is 6.12. The van der Waals surface area contributed by atoms with Crippen molar-refractivity contribution in [3.05, 3.63) is 54.1 Å². The van der Waals surface area contributed by atoms with Crippen LogP contribution in [-0.4, -0.2) is 31.7 Å². The van der Waals surface area contributed by atoms with Crippen LogP contribution in [0.25, 0.3) is 0 Å². The van der Waals surface area contributed by atoms with Gasteiger partial charge in [-0.3, -0.25) is 9.59 Å². The Morgan fingerprint density at radius 3 is 2.37 bits per heavy atom. The summed E-state index contributed by atoms with van der Waals surface area (Å²) in [5.74, 6) is -0.178. The molecule has 0 heterocycles. The van der Waals surface area contributed by atoms with Crippen molar-refractivity contribution in [2.24, 2.45) is 0 Å². The van der Waals surface area contributed by atoms with Crippen molar-refractivity contribution in [1.82, 2.24) is 0 Å². The topological polar surface area (TPSA) is 73.9 Å². The van der Waals surface area contributed by atoms with Gasteiger partial charge in [-0.15, -0.1) is 0 Å². The van der Waals surface area contributed by atoms with E-state index in [4.69, 9.17) is 14.2 Å². The zero-order valence-corrected chi connectivity index (χ0v) is 16.3. The smallest absolute Gasteiger partial charge is 0.416 e. The van der Waals surface area contributed by atoms with Gasteiger partial charge in [-0.25, -0.2) is 0 Å². The molecule has 1 amide bonds. The lowest BCUT2D eigenvalue weighted by atomic mass is 10.2. The minimum absolute atomic E-state index is 0.0215. The maximum absolute atomic E-state index is 12.7. The number of ether oxygens (including phenoxy) is 3. The molecule has 0 radical (unpaired) electrons. The Bertz CT molecular complexity index is 855. The van der Waals surface area contributed by atoms with Crippen molar-refractivity contribution in [2.45, 2.75) is 25.9 Å². The largest absolute Gasteiger partial charge is 0.490 e. The molecule has 0 aliphatic rings. The second-order valence-electron chi connectivity index (χ2n) is 6.12. The normalized spacial score (nSPS) is 10.9. The van der Waals surface area contributed by atoms with Crippen LogP contribution in [0.3, 0.4) is 0 Å². The molecule has 0 aliphatic heterocycles. The Morgan fingerprint density at radius 2 is 1.70 bits per heavy atom. The van der Waals surface area contributed by atoms with Crippen molar-refractivity contribution in [3.63, 3.8) is 0 Å². The summed E-state index contributed by atoms with van der Waals surface area (Å²) in [5.41, 5.74) is -0.921. The number of alkyl halides is 3. The number of nitrogens with one attached hydrogen (secondary N) is 1. The van der Waals surface area contributed by atoms with Gasteiger partial charge in [0.2, 0.25) is 0 Å². The molecule has 1 N–H and O–H groups in total. The van der Waals surface area contributed by atoms with Gasteiger partial charge < -0.3 is 19.5 Å². The van der Waals surface area contributed by atoms with Gasteiger partial charge in [0, 0.05) is 12.1 Å². The van der Waals surface area contributed by atoms with Crippen LogP contribution in [0, 0.1) is 0 Å². The molecule has 0 saturated carbocycles. The van der Waals surface area contributed by atoms with E-state index in [1.54, 1.807) is 18.2 Å². The van der Waals surface area contributed by atoms with E-state index in [0.29, 0.717) is 24.5 Å². The molecule has 162 valence electrons. The van der Waals surface area contributed by atoms with Gasteiger partial charge in [0.05, 0.1) is 18.8 Å². The van der Waals surface area contributed by atoms with Gasteiger partial charge in [0.15, 0.2) is 18.1 Å². The third-order valence-electron chi connectivity index (χ3n) is 3.77. The van der Waals surface area contributed by atoms with E-state index < -0.39 is 30.2 Å². The highest BCUT2D eigenvalue weighted by molar-refractivity contribution is 5.92. The fourth-order valence-corrected chi connectivity index (χ4v) is 2.43. The number of hydrogen-bond acceptors (Lipinski definition) is 5. The number of benzene rings is 2. The van der Waals surface area contributed by atoms with E-state index in [2.05, 4.69) is 5.32 Å². The Morgan fingerprint density at radius 1 is 1.00 bits per heavy atom. The molecular formula is C21H22F3NO5. The number of esters is 1. The summed E-state index contributed by atoms with van der Waals surface area (Å²) < 4.78 is 53.9. The average molecular weight is 425 g/mol. The lowest BCUT2D eigenvalue weighted by Gasteiger charge is -2.11. The van der Waals surface area contributed by atoms with Gasteiger partial charge in [0.25, 0.3) is 5.91 Å². The van der Waals surface area contributed by atoms with Gasteiger partial charge >= 0.3 is 12.1 Å². The fraction of sp³-hybridized carbons (Fsp3) is 0.333. The molecule has 0 atom stereocenters. The van der Waals surface area contributed by atoms with Crippen LogP contribution in [0.2, 0.25) is 0 Å². The second kappa shape index (κ2) is 11.1. The molecule has 30 heavy (non-hydrogen) atoms. The molecule has 6 nitrogen and oxygen atoms in total. The van der Waals surface area contributed by atoms with Crippen LogP contribution in [-0.2, 0) is 20.5 Å². The molecule has 2 aromatic rings. The summed E-state index contributed by atoms with van der Waals surface area (Å²) in [5, 5.41) is 2.26. The number of carbonyl (C=O) groups is 2. The number of para-hydroxylation sites is 2. The standard InChI is InChI=1S/C21H22F3NO5/c1-2-28-17-9-3-4-10-18(17)29-12-6-11-20(27)30-14-19(26)25-16-8-5-7-15(13-16)21(22,23)24/h3-5,7-10,13H,2,6,11-12,14H2,1H3,(H,25,26). The van der Waals surface area contributed by atoms with Crippen LogP contribution in [0.4, 0.5) is 18.9 Å². The van der Waals surface area contributed by atoms with Gasteiger partial charge in [-0.1, -0.05) is 18.2 Å². The van der Waals surface area contributed by atoms with Crippen molar-refractivity contribution >= 4 is 17.6 Å². The third-order valence-corrected chi connectivity index (χ3v) is 3.77. The van der Waals surface area contributed by atoms with Crippen molar-refractivity contribution in [1.29, 1.82) is 0 Å². The number of amides is 1. The number of anilines is 1. The third kappa shape index (κ3) is 7.65. The summed E-state index contributed by atoms with van der Waals surface area (Å²) in [6.07, 6.45) is -4.14. The Hall–Kier alpha value is -3.23. The monoisotopic (exact) mass is 425 g/mol. The molecule has 0 saturated heterocycles. The van der Waals surface area contributed by atoms with E-state index in [-0.39, 0.29) is 18.7 Å². The van der Waals surface area contributed by atoms with E-state index in [1.165, 1.54) is 12.1 Å². The van der Waals surface area contributed by atoms with E-state index in [0.717, 1.165) is 12.1 Å². The molecular weight excluding hydrogens is 403 g/mol. The first-order valence-electron chi connectivity index (χ1n) is 9.27. The highest BCUT2D eigenvalue weighted by Crippen LogP contribution is 2.30. The van der Waals surface area contributed by atoms with E-state index >= 15 is 0 Å². The zero-order chi connectivity index (χ0) is 22.0. The molecule has 9 heteroatoms. The predicted octanol–water partition coefficient (Wildman–Crippen LogP) is 4.45. The molecule has 0 aromatic heterocycles. The number of halogens is 3. The maximum atomic E-state index is 12.7. The van der Waals surface area contributed by atoms with Crippen LogP contribution >= 0.6 is 0 Å². The molecule has 0 fully saturated rings. The molecule has 0 aliphatic carbocycles. The van der Waals surface area contributed by atoms with Crippen molar-refractivity contribution < 1.29 is 37.0 Å². The zero-order valence-electron chi connectivity index (χ0n) is 16.3. The molecule has 0 spiro atoms. The van der Waals surface area contributed by atoms with Crippen LogP contribution < -0.4 is 14.8 Å². The quantitative estimate of drug-likeness (QED) is 0.450.